The number of hydrogen-bond acceptors (Lipinski definition) is 4. The molecule has 4 rings (SSSR count). The van der Waals surface area contributed by atoms with Gasteiger partial charge in [-0.1, -0.05) is 15.9 Å². The second-order valence-electron chi connectivity index (χ2n) is 9.17. The molecule has 2 aliphatic heterocycles. The van der Waals surface area contributed by atoms with Gasteiger partial charge in [0.15, 0.2) is 0 Å². The van der Waals surface area contributed by atoms with E-state index < -0.39 is 5.60 Å². The number of anilines is 1. The Bertz CT molecular complexity index is 1170. The normalized spacial score (nSPS) is 19.2. The lowest BCUT2D eigenvalue weighted by atomic mass is 10.1. The molecule has 32 heavy (non-hydrogen) atoms. The number of benzene rings is 1. The highest BCUT2D eigenvalue weighted by Gasteiger charge is 2.40. The number of hydrogen-bond donors (Lipinski definition) is 1. The molecule has 0 bridgehead atoms. The number of halogens is 1. The van der Waals surface area contributed by atoms with Crippen LogP contribution < -0.4 is 4.90 Å². The van der Waals surface area contributed by atoms with E-state index in [0.29, 0.717) is 12.2 Å². The van der Waals surface area contributed by atoms with Crippen molar-refractivity contribution in [3.63, 3.8) is 0 Å². The molecule has 6 nitrogen and oxygen atoms in total. The van der Waals surface area contributed by atoms with Crippen LogP contribution in [0.25, 0.3) is 6.08 Å². The minimum absolute atomic E-state index is 0.281. The number of rotatable bonds is 3. The predicted molar refractivity (Wildman–Crippen MR) is 131 cm³/mol. The van der Waals surface area contributed by atoms with Gasteiger partial charge in [0.05, 0.1) is 24.6 Å². The Morgan fingerprint density at radius 1 is 1.28 bits per heavy atom. The van der Waals surface area contributed by atoms with E-state index >= 15 is 0 Å². The highest BCUT2D eigenvalue weighted by molar-refractivity contribution is 9.10. The van der Waals surface area contributed by atoms with Crippen molar-refractivity contribution in [2.75, 3.05) is 12.0 Å². The van der Waals surface area contributed by atoms with Gasteiger partial charge in [0.2, 0.25) is 0 Å². The third kappa shape index (κ3) is 4.39. The van der Waals surface area contributed by atoms with Crippen molar-refractivity contribution in [3.05, 3.63) is 68.8 Å². The average Bonchev–Trinajstić information content (AvgIpc) is 3.35. The van der Waals surface area contributed by atoms with Gasteiger partial charge in [0, 0.05) is 28.4 Å². The van der Waals surface area contributed by atoms with Crippen molar-refractivity contribution in [2.45, 2.75) is 52.7 Å². The maximum atomic E-state index is 13.2. The topological polar surface area (TPSA) is 66.9 Å². The summed E-state index contributed by atoms with van der Waals surface area (Å²) in [6, 6.07) is 7.74. The molecule has 1 aromatic carbocycles. The van der Waals surface area contributed by atoms with Crippen LogP contribution >= 0.6 is 15.9 Å². The van der Waals surface area contributed by atoms with E-state index in [1.807, 2.05) is 58.0 Å². The number of nitrogens with one attached hydrogen (secondary N) is 1. The molecule has 0 radical (unpaired) electrons. The molecule has 0 aliphatic carbocycles. The molecule has 168 valence electrons. The molecule has 2 aromatic rings. The Labute approximate surface area is 197 Å². The largest absolute Gasteiger partial charge is 0.494 e. The second kappa shape index (κ2) is 8.28. The molecule has 0 fully saturated rings. The van der Waals surface area contributed by atoms with E-state index in [0.717, 1.165) is 44.1 Å². The molecule has 0 saturated heterocycles. The highest BCUT2D eigenvalue weighted by Crippen LogP contribution is 2.38. The third-order valence-corrected chi connectivity index (χ3v) is 5.92. The van der Waals surface area contributed by atoms with Crippen LogP contribution in [0.5, 0.6) is 0 Å². The van der Waals surface area contributed by atoms with Crippen LogP contribution in [-0.4, -0.2) is 35.5 Å². The lowest BCUT2D eigenvalue weighted by Gasteiger charge is -2.28. The van der Waals surface area contributed by atoms with Gasteiger partial charge in [0.1, 0.15) is 17.1 Å². The molecule has 1 amide bonds. The molecular weight excluding hydrogens is 470 g/mol. The number of carbonyl (C=O) groups excluding carboxylic acids is 1. The van der Waals surface area contributed by atoms with E-state index in [9.17, 15) is 4.79 Å². The van der Waals surface area contributed by atoms with Crippen LogP contribution in [0, 0.1) is 13.8 Å². The first-order valence-electron chi connectivity index (χ1n) is 10.6. The number of aliphatic imine (C=N–C) groups is 1. The van der Waals surface area contributed by atoms with E-state index in [2.05, 4.69) is 33.9 Å². The first kappa shape index (κ1) is 22.4. The number of fused-ring (bicyclic) bond motifs is 1. The van der Waals surface area contributed by atoms with Crippen LogP contribution in [0.1, 0.15) is 43.3 Å². The number of aryl methyl sites for hydroxylation is 2. The second-order valence-corrected chi connectivity index (χ2v) is 10.1. The first-order chi connectivity index (χ1) is 15.1. The predicted octanol–water partition coefficient (Wildman–Crippen LogP) is 6.09. The summed E-state index contributed by atoms with van der Waals surface area (Å²) in [4.78, 5) is 23.2. The maximum Gasteiger partial charge on any atom is 0.415 e. The average molecular weight is 498 g/mol. The van der Waals surface area contributed by atoms with Crippen molar-refractivity contribution in [3.8, 4) is 0 Å². The number of aromatic amines is 1. The number of amides is 1. The smallest absolute Gasteiger partial charge is 0.415 e. The standard InChI is InChI=1S/C25H28BrN3O3/c1-14-9-15(2)27-18(14)12-20-23(31-6)13-19(28-20)22-11-16-10-17(26)7-8-21(16)29(22)24(30)32-25(3,4)5/h7-10,12-13,22,27H,11H2,1-6H3/b20-12-. The number of H-pyrrole nitrogens is 1. The summed E-state index contributed by atoms with van der Waals surface area (Å²) in [5, 5.41) is 0. The number of methoxy groups -OCH3 is 1. The van der Waals surface area contributed by atoms with Gasteiger partial charge in [-0.25, -0.2) is 9.79 Å². The highest BCUT2D eigenvalue weighted by atomic mass is 79.9. The zero-order valence-corrected chi connectivity index (χ0v) is 20.8. The Balaban J connectivity index is 1.74. The minimum Gasteiger partial charge on any atom is -0.494 e. The van der Waals surface area contributed by atoms with Crippen LogP contribution in [-0.2, 0) is 15.9 Å². The molecule has 7 heteroatoms. The van der Waals surface area contributed by atoms with Gasteiger partial charge in [-0.15, -0.1) is 0 Å². The fourth-order valence-corrected chi connectivity index (χ4v) is 4.51. The Kier molecular flexibility index (Phi) is 5.79. The van der Waals surface area contributed by atoms with E-state index in [4.69, 9.17) is 14.5 Å². The van der Waals surface area contributed by atoms with Gasteiger partial charge in [0.25, 0.3) is 0 Å². The maximum absolute atomic E-state index is 13.2. The number of aromatic nitrogens is 1. The molecule has 1 N–H and O–H groups in total. The summed E-state index contributed by atoms with van der Waals surface area (Å²) in [5.74, 6) is 0.674. The Morgan fingerprint density at radius 3 is 2.66 bits per heavy atom. The number of ether oxygens (including phenoxy) is 2. The van der Waals surface area contributed by atoms with Crippen molar-refractivity contribution in [2.24, 2.45) is 4.99 Å². The van der Waals surface area contributed by atoms with Gasteiger partial charge < -0.3 is 14.5 Å². The quantitative estimate of drug-likeness (QED) is 0.557. The van der Waals surface area contributed by atoms with Gasteiger partial charge in [-0.2, -0.15) is 0 Å². The zero-order chi connectivity index (χ0) is 23.2. The monoisotopic (exact) mass is 497 g/mol. The van der Waals surface area contributed by atoms with E-state index in [1.54, 1.807) is 12.0 Å². The molecule has 3 heterocycles. The van der Waals surface area contributed by atoms with Gasteiger partial charge in [-0.3, -0.25) is 4.90 Å². The van der Waals surface area contributed by atoms with Crippen molar-refractivity contribution >= 4 is 39.5 Å². The van der Waals surface area contributed by atoms with Crippen LogP contribution in [0.15, 0.2) is 51.3 Å². The zero-order valence-electron chi connectivity index (χ0n) is 19.2. The summed E-state index contributed by atoms with van der Waals surface area (Å²) in [6.45, 7) is 9.70. The summed E-state index contributed by atoms with van der Waals surface area (Å²) in [5.41, 5.74) is 6.04. The minimum atomic E-state index is -0.598. The lowest BCUT2D eigenvalue weighted by Crippen LogP contribution is -2.44. The lowest BCUT2D eigenvalue weighted by molar-refractivity contribution is 0.0578. The summed E-state index contributed by atoms with van der Waals surface area (Å²) in [6.07, 6.45) is 4.17. The van der Waals surface area contributed by atoms with Crippen molar-refractivity contribution < 1.29 is 14.3 Å². The fourth-order valence-electron chi connectivity index (χ4n) is 4.10. The van der Waals surface area contributed by atoms with Gasteiger partial charge in [-0.05, 0) is 76.1 Å². The van der Waals surface area contributed by atoms with Gasteiger partial charge >= 0.3 is 6.09 Å². The molecule has 2 aliphatic rings. The molecule has 1 aromatic heterocycles. The Hall–Kier alpha value is -2.80. The third-order valence-electron chi connectivity index (χ3n) is 5.43. The summed E-state index contributed by atoms with van der Waals surface area (Å²) >= 11 is 3.54. The molecule has 0 spiro atoms. The molecule has 0 saturated carbocycles. The van der Waals surface area contributed by atoms with Crippen LogP contribution in [0.4, 0.5) is 10.5 Å². The molecule has 1 unspecified atom stereocenters. The number of carbonyl (C=O) groups is 1. The van der Waals surface area contributed by atoms with Crippen molar-refractivity contribution in [1.82, 2.24) is 4.98 Å². The van der Waals surface area contributed by atoms with E-state index in [1.165, 1.54) is 0 Å². The van der Waals surface area contributed by atoms with Crippen LogP contribution in [0.2, 0.25) is 0 Å². The summed E-state index contributed by atoms with van der Waals surface area (Å²) < 4.78 is 12.3. The first-order valence-corrected chi connectivity index (χ1v) is 11.4. The SMILES string of the molecule is COC1=CC(C2Cc3cc(Br)ccc3N2C(=O)OC(C)(C)C)=N/C1=C\c1[nH]c(C)cc1C. The van der Waals surface area contributed by atoms with Crippen LogP contribution in [0.3, 0.4) is 0 Å². The van der Waals surface area contributed by atoms with E-state index in [-0.39, 0.29) is 12.1 Å². The number of nitrogens with zero attached hydrogens (tertiary/aromatic N) is 2. The summed E-state index contributed by atoms with van der Waals surface area (Å²) in [7, 11) is 1.64. The molecule has 1 atom stereocenters. The fraction of sp³-hybridized carbons (Fsp3) is 0.360. The molecular formula is C25H28BrN3O3. The Morgan fingerprint density at radius 2 is 2.03 bits per heavy atom. The van der Waals surface area contributed by atoms with Crippen molar-refractivity contribution in [1.29, 1.82) is 0 Å².